The minimum atomic E-state index is -0.673. The average molecular weight is 292 g/mol. The molecule has 0 aromatic heterocycles. The third-order valence-corrected chi connectivity index (χ3v) is 5.02. The molecule has 2 unspecified atom stereocenters. The van der Waals surface area contributed by atoms with Crippen LogP contribution in [0.4, 0.5) is 10.1 Å². The van der Waals surface area contributed by atoms with Gasteiger partial charge in [-0.05, 0) is 31.2 Å². The number of rotatable bonds is 3. The topological polar surface area (TPSA) is 46.4 Å². The molecule has 0 N–H and O–H groups in total. The maximum atomic E-state index is 14.1. The fraction of sp³-hybridized carbons (Fsp3) is 0.625. The van der Waals surface area contributed by atoms with E-state index in [1.165, 1.54) is 38.2 Å². The number of likely N-dealkylation sites (tertiary alicyclic amines) is 1. The van der Waals surface area contributed by atoms with Crippen LogP contribution in [0.1, 0.15) is 37.7 Å². The highest BCUT2D eigenvalue weighted by Crippen LogP contribution is 2.36. The first-order valence-electron chi connectivity index (χ1n) is 7.79. The molecule has 2 fully saturated rings. The maximum absolute atomic E-state index is 14.1. The fourth-order valence-electron chi connectivity index (χ4n) is 3.89. The van der Waals surface area contributed by atoms with Gasteiger partial charge in [-0.3, -0.25) is 15.0 Å². The third-order valence-electron chi connectivity index (χ3n) is 5.02. The molecule has 1 aromatic rings. The van der Waals surface area contributed by atoms with Crippen molar-refractivity contribution in [2.24, 2.45) is 11.8 Å². The van der Waals surface area contributed by atoms with Gasteiger partial charge in [-0.25, -0.2) is 0 Å². The van der Waals surface area contributed by atoms with Crippen molar-refractivity contribution < 1.29 is 9.31 Å². The Morgan fingerprint density at radius 1 is 1.24 bits per heavy atom. The Labute approximate surface area is 124 Å². The number of nitro groups is 1. The first kappa shape index (κ1) is 14.4. The van der Waals surface area contributed by atoms with Gasteiger partial charge in [0.05, 0.1) is 4.92 Å². The van der Waals surface area contributed by atoms with E-state index in [1.54, 1.807) is 12.1 Å². The molecule has 1 saturated heterocycles. The van der Waals surface area contributed by atoms with Crippen molar-refractivity contribution >= 4 is 5.69 Å². The SMILES string of the molecule is O=[N+]([O-])c1cccc(CN2CCC3CCCCC3C2)c1F. The van der Waals surface area contributed by atoms with Crippen molar-refractivity contribution in [2.75, 3.05) is 13.1 Å². The van der Waals surface area contributed by atoms with Crippen LogP contribution >= 0.6 is 0 Å². The van der Waals surface area contributed by atoms with Gasteiger partial charge in [-0.15, -0.1) is 0 Å². The zero-order valence-corrected chi connectivity index (χ0v) is 12.1. The summed E-state index contributed by atoms with van der Waals surface area (Å²) in [6, 6.07) is 4.46. The summed E-state index contributed by atoms with van der Waals surface area (Å²) in [6.45, 7) is 2.47. The zero-order valence-electron chi connectivity index (χ0n) is 12.1. The summed E-state index contributed by atoms with van der Waals surface area (Å²) >= 11 is 0. The molecule has 0 amide bonds. The number of fused-ring (bicyclic) bond motifs is 1. The predicted octanol–water partition coefficient (Wildman–Crippen LogP) is 3.75. The van der Waals surface area contributed by atoms with Crippen LogP contribution in [0.5, 0.6) is 0 Å². The first-order chi connectivity index (χ1) is 10.1. The van der Waals surface area contributed by atoms with E-state index in [9.17, 15) is 14.5 Å². The van der Waals surface area contributed by atoms with Gasteiger partial charge < -0.3 is 0 Å². The lowest BCUT2D eigenvalue weighted by molar-refractivity contribution is -0.387. The molecular weight excluding hydrogens is 271 g/mol. The van der Waals surface area contributed by atoms with Gasteiger partial charge in [0.1, 0.15) is 0 Å². The molecule has 5 heteroatoms. The van der Waals surface area contributed by atoms with Gasteiger partial charge in [0.15, 0.2) is 0 Å². The summed E-state index contributed by atoms with van der Waals surface area (Å²) in [7, 11) is 0. The van der Waals surface area contributed by atoms with Crippen LogP contribution in [0.15, 0.2) is 18.2 Å². The molecule has 0 radical (unpaired) electrons. The van der Waals surface area contributed by atoms with E-state index in [0.29, 0.717) is 12.1 Å². The Balaban J connectivity index is 1.69. The number of benzene rings is 1. The fourth-order valence-corrected chi connectivity index (χ4v) is 3.89. The molecule has 1 heterocycles. The number of piperidine rings is 1. The summed E-state index contributed by atoms with van der Waals surface area (Å²) in [5.74, 6) is 0.896. The van der Waals surface area contributed by atoms with E-state index in [-0.39, 0.29) is 0 Å². The molecule has 3 rings (SSSR count). The minimum Gasteiger partial charge on any atom is -0.299 e. The Hall–Kier alpha value is -1.49. The standard InChI is InChI=1S/C16H21FN2O2/c17-16-14(6-3-7-15(16)19(20)21)11-18-9-8-12-4-1-2-5-13(12)10-18/h3,6-7,12-13H,1-2,4-5,8-11H2. The molecule has 1 aliphatic carbocycles. The lowest BCUT2D eigenvalue weighted by atomic mass is 9.75. The Morgan fingerprint density at radius 2 is 2.00 bits per heavy atom. The van der Waals surface area contributed by atoms with Crippen molar-refractivity contribution in [1.82, 2.24) is 4.90 Å². The molecular formula is C16H21FN2O2. The number of hydrogen-bond donors (Lipinski definition) is 0. The smallest absolute Gasteiger partial charge is 0.299 e. The van der Waals surface area contributed by atoms with Gasteiger partial charge in [-0.2, -0.15) is 4.39 Å². The largest absolute Gasteiger partial charge is 0.305 e. The van der Waals surface area contributed by atoms with Crippen molar-refractivity contribution in [2.45, 2.75) is 38.6 Å². The van der Waals surface area contributed by atoms with Crippen LogP contribution in [0.25, 0.3) is 0 Å². The quantitative estimate of drug-likeness (QED) is 0.629. The molecule has 21 heavy (non-hydrogen) atoms. The summed E-state index contributed by atoms with van der Waals surface area (Å²) in [4.78, 5) is 12.4. The molecule has 1 saturated carbocycles. The lowest BCUT2D eigenvalue weighted by Gasteiger charge is -2.41. The van der Waals surface area contributed by atoms with Crippen molar-refractivity contribution in [3.05, 3.63) is 39.7 Å². The third kappa shape index (κ3) is 3.07. The number of halogens is 1. The Bertz CT molecular complexity index is 535. The summed E-state index contributed by atoms with van der Waals surface area (Å²) in [5.41, 5.74) is 0.0264. The highest BCUT2D eigenvalue weighted by molar-refractivity contribution is 5.36. The Morgan fingerprint density at radius 3 is 2.76 bits per heavy atom. The first-order valence-corrected chi connectivity index (χ1v) is 7.79. The van der Waals surface area contributed by atoms with E-state index in [0.717, 1.165) is 24.9 Å². The monoisotopic (exact) mass is 292 g/mol. The molecule has 0 bridgehead atoms. The van der Waals surface area contributed by atoms with E-state index in [1.807, 2.05) is 0 Å². The van der Waals surface area contributed by atoms with E-state index >= 15 is 0 Å². The zero-order chi connectivity index (χ0) is 14.8. The Kier molecular flexibility index (Phi) is 4.19. The lowest BCUT2D eigenvalue weighted by Crippen LogP contribution is -2.41. The van der Waals surface area contributed by atoms with Gasteiger partial charge in [0.25, 0.3) is 0 Å². The second-order valence-corrected chi connectivity index (χ2v) is 6.34. The van der Waals surface area contributed by atoms with Crippen LogP contribution in [-0.4, -0.2) is 22.9 Å². The number of nitro benzene ring substituents is 1. The molecule has 2 atom stereocenters. The van der Waals surface area contributed by atoms with Crippen molar-refractivity contribution in [3.63, 3.8) is 0 Å². The van der Waals surface area contributed by atoms with Crippen LogP contribution in [-0.2, 0) is 6.54 Å². The normalized spacial score (nSPS) is 26.3. The molecule has 0 spiro atoms. The van der Waals surface area contributed by atoms with Crippen molar-refractivity contribution in [1.29, 1.82) is 0 Å². The maximum Gasteiger partial charge on any atom is 0.305 e. The summed E-state index contributed by atoms with van der Waals surface area (Å²) in [6.07, 6.45) is 6.45. The number of nitrogens with zero attached hydrogens (tertiary/aromatic N) is 2. The van der Waals surface area contributed by atoms with Crippen LogP contribution in [0.3, 0.4) is 0 Å². The van der Waals surface area contributed by atoms with E-state index in [4.69, 9.17) is 0 Å². The summed E-state index contributed by atoms with van der Waals surface area (Å²) < 4.78 is 14.1. The van der Waals surface area contributed by atoms with Gasteiger partial charge in [0.2, 0.25) is 5.82 Å². The molecule has 2 aliphatic rings. The highest BCUT2D eigenvalue weighted by atomic mass is 19.1. The number of hydrogen-bond acceptors (Lipinski definition) is 3. The average Bonchev–Trinajstić information content (AvgIpc) is 2.49. The molecule has 114 valence electrons. The summed E-state index contributed by atoms with van der Waals surface area (Å²) in [5, 5.41) is 10.8. The van der Waals surface area contributed by atoms with Crippen molar-refractivity contribution in [3.8, 4) is 0 Å². The second kappa shape index (κ2) is 6.10. The van der Waals surface area contributed by atoms with Gasteiger partial charge in [-0.1, -0.05) is 31.4 Å². The van der Waals surface area contributed by atoms with Crippen LogP contribution in [0.2, 0.25) is 0 Å². The second-order valence-electron chi connectivity index (χ2n) is 6.34. The minimum absolute atomic E-state index is 0.417. The van der Waals surface area contributed by atoms with Gasteiger partial charge in [0, 0.05) is 24.7 Å². The van der Waals surface area contributed by atoms with E-state index < -0.39 is 16.4 Å². The van der Waals surface area contributed by atoms with Crippen LogP contribution in [0, 0.1) is 27.8 Å². The van der Waals surface area contributed by atoms with Gasteiger partial charge >= 0.3 is 5.69 Å². The molecule has 1 aromatic carbocycles. The predicted molar refractivity (Wildman–Crippen MR) is 78.4 cm³/mol. The molecule has 1 aliphatic heterocycles. The highest BCUT2D eigenvalue weighted by Gasteiger charge is 2.31. The van der Waals surface area contributed by atoms with Crippen LogP contribution < -0.4 is 0 Å². The van der Waals surface area contributed by atoms with E-state index in [2.05, 4.69) is 4.90 Å². The molecule has 4 nitrogen and oxygen atoms in total.